The van der Waals surface area contributed by atoms with Crippen molar-refractivity contribution in [2.45, 2.75) is 52.2 Å². The SMILES string of the molecule is CC(C)(C)OC(=O)NCCCC(=O)N1CCc2c(sc(NC(=O)/C=C/c3cccnc3)c2C#N)C1. The molecule has 0 saturated carbocycles. The number of amides is 3. The molecule has 0 saturated heterocycles. The highest BCUT2D eigenvalue weighted by Gasteiger charge is 2.27. The summed E-state index contributed by atoms with van der Waals surface area (Å²) in [6.45, 7) is 6.62. The Morgan fingerprint density at radius 2 is 2.14 bits per heavy atom. The lowest BCUT2D eigenvalue weighted by atomic mass is 10.0. The molecule has 0 atom stereocenters. The van der Waals surface area contributed by atoms with Crippen molar-refractivity contribution in [1.29, 1.82) is 5.26 Å². The van der Waals surface area contributed by atoms with Gasteiger partial charge in [0, 0.05) is 42.9 Å². The normalized spacial score (nSPS) is 13.1. The molecule has 3 amide bonds. The molecule has 10 heteroatoms. The summed E-state index contributed by atoms with van der Waals surface area (Å²) in [5, 5.41) is 15.6. The molecule has 0 aliphatic carbocycles. The summed E-state index contributed by atoms with van der Waals surface area (Å²) in [4.78, 5) is 43.4. The number of nitrogens with zero attached hydrogens (tertiary/aromatic N) is 3. The van der Waals surface area contributed by atoms with Gasteiger partial charge in [0.2, 0.25) is 11.8 Å². The maximum atomic E-state index is 12.7. The third-order valence-corrected chi connectivity index (χ3v) is 6.24. The number of thiophene rings is 1. The van der Waals surface area contributed by atoms with Crippen LogP contribution in [0.25, 0.3) is 6.08 Å². The van der Waals surface area contributed by atoms with Crippen LogP contribution in [-0.2, 0) is 27.3 Å². The number of alkyl carbamates (subject to hydrolysis) is 1. The van der Waals surface area contributed by atoms with Gasteiger partial charge in [0.25, 0.3) is 0 Å². The fraction of sp³-hybridized carbons (Fsp3) is 0.400. The minimum absolute atomic E-state index is 0.0152. The summed E-state index contributed by atoms with van der Waals surface area (Å²) in [6, 6.07) is 5.82. The first kappa shape index (κ1) is 25.9. The van der Waals surface area contributed by atoms with Gasteiger partial charge in [-0.1, -0.05) is 6.07 Å². The highest BCUT2D eigenvalue weighted by atomic mass is 32.1. The van der Waals surface area contributed by atoms with Crippen LogP contribution in [0.2, 0.25) is 0 Å². The predicted octanol–water partition coefficient (Wildman–Crippen LogP) is 3.86. The van der Waals surface area contributed by atoms with Crippen LogP contribution in [0.3, 0.4) is 0 Å². The molecule has 0 bridgehead atoms. The third-order valence-electron chi connectivity index (χ3n) is 5.11. The fourth-order valence-corrected chi connectivity index (χ4v) is 4.74. The lowest BCUT2D eigenvalue weighted by Crippen LogP contribution is -2.36. The van der Waals surface area contributed by atoms with Crippen molar-refractivity contribution in [2.24, 2.45) is 0 Å². The molecule has 0 radical (unpaired) electrons. The topological polar surface area (TPSA) is 124 Å². The molecule has 184 valence electrons. The number of fused-ring (bicyclic) bond motifs is 1. The molecular formula is C25H29N5O4S. The molecule has 9 nitrogen and oxygen atoms in total. The molecule has 0 unspecified atom stereocenters. The number of carbonyl (C=O) groups is 3. The number of nitriles is 1. The monoisotopic (exact) mass is 495 g/mol. The minimum Gasteiger partial charge on any atom is -0.444 e. The Balaban J connectivity index is 1.54. The Hall–Kier alpha value is -3.71. The molecule has 0 fully saturated rings. The van der Waals surface area contributed by atoms with E-state index in [2.05, 4.69) is 21.7 Å². The Morgan fingerprint density at radius 3 is 2.83 bits per heavy atom. The molecule has 3 rings (SSSR count). The van der Waals surface area contributed by atoms with E-state index >= 15 is 0 Å². The molecule has 1 aliphatic rings. The van der Waals surface area contributed by atoms with Gasteiger partial charge in [0.1, 0.15) is 16.7 Å². The zero-order chi connectivity index (χ0) is 25.4. The van der Waals surface area contributed by atoms with Crippen LogP contribution in [0, 0.1) is 11.3 Å². The van der Waals surface area contributed by atoms with Crippen LogP contribution in [-0.4, -0.2) is 46.5 Å². The number of anilines is 1. The van der Waals surface area contributed by atoms with E-state index in [0.29, 0.717) is 49.5 Å². The van der Waals surface area contributed by atoms with Gasteiger partial charge in [-0.05, 0) is 56.9 Å². The predicted molar refractivity (Wildman–Crippen MR) is 134 cm³/mol. The summed E-state index contributed by atoms with van der Waals surface area (Å²) in [5.74, 6) is -0.354. The van der Waals surface area contributed by atoms with Gasteiger partial charge in [-0.25, -0.2) is 4.79 Å². The lowest BCUT2D eigenvalue weighted by Gasteiger charge is -2.27. The van der Waals surface area contributed by atoms with E-state index in [1.807, 2.05) is 6.07 Å². The number of pyridine rings is 1. The Labute approximate surface area is 208 Å². The molecule has 3 heterocycles. The average molecular weight is 496 g/mol. The number of hydrogen-bond donors (Lipinski definition) is 2. The van der Waals surface area contributed by atoms with Gasteiger partial charge >= 0.3 is 6.09 Å². The maximum Gasteiger partial charge on any atom is 0.407 e. The number of carbonyl (C=O) groups excluding carboxylic acids is 3. The first-order valence-electron chi connectivity index (χ1n) is 11.3. The van der Waals surface area contributed by atoms with Crippen LogP contribution < -0.4 is 10.6 Å². The minimum atomic E-state index is -0.567. The second-order valence-corrected chi connectivity index (χ2v) is 10.1. The maximum absolute atomic E-state index is 12.7. The molecule has 2 N–H and O–H groups in total. The van der Waals surface area contributed by atoms with E-state index in [-0.39, 0.29) is 11.8 Å². The van der Waals surface area contributed by atoms with Crippen LogP contribution in [0.1, 0.15) is 55.2 Å². The molecule has 2 aromatic heterocycles. The van der Waals surface area contributed by atoms with Crippen LogP contribution >= 0.6 is 11.3 Å². The van der Waals surface area contributed by atoms with Gasteiger partial charge in [-0.2, -0.15) is 5.26 Å². The van der Waals surface area contributed by atoms with Crippen molar-refractivity contribution in [3.63, 3.8) is 0 Å². The van der Waals surface area contributed by atoms with Gasteiger partial charge in [-0.3, -0.25) is 14.6 Å². The largest absolute Gasteiger partial charge is 0.444 e. The number of nitrogens with one attached hydrogen (secondary N) is 2. The first-order valence-corrected chi connectivity index (χ1v) is 12.2. The van der Waals surface area contributed by atoms with Crippen LogP contribution in [0.4, 0.5) is 9.80 Å². The summed E-state index contributed by atoms with van der Waals surface area (Å²) in [5.41, 5.74) is 1.58. The first-order chi connectivity index (χ1) is 16.7. The van der Waals surface area contributed by atoms with Crippen molar-refractivity contribution in [3.05, 3.63) is 52.2 Å². The zero-order valence-corrected chi connectivity index (χ0v) is 20.9. The summed E-state index contributed by atoms with van der Waals surface area (Å²) < 4.78 is 5.18. The van der Waals surface area contributed by atoms with Gasteiger partial charge in [-0.15, -0.1) is 11.3 Å². The highest BCUT2D eigenvalue weighted by molar-refractivity contribution is 7.16. The Kier molecular flexibility index (Phi) is 8.60. The quantitative estimate of drug-likeness (QED) is 0.444. The molecular weight excluding hydrogens is 466 g/mol. The van der Waals surface area contributed by atoms with E-state index in [0.717, 1.165) is 16.0 Å². The average Bonchev–Trinajstić information content (AvgIpc) is 3.15. The zero-order valence-electron chi connectivity index (χ0n) is 20.1. The standard InChI is InChI=1S/C25H29N5O4S/c1-25(2,3)34-24(33)28-12-5-7-22(32)30-13-10-18-19(14-26)23(35-20(18)16-30)29-21(31)9-8-17-6-4-11-27-15-17/h4,6,8-9,11,15H,5,7,10,12-13,16H2,1-3H3,(H,28,33)(H,29,31)/b9-8+. The third kappa shape index (κ3) is 7.65. The molecule has 2 aromatic rings. The van der Waals surface area contributed by atoms with E-state index in [1.54, 1.807) is 50.2 Å². The van der Waals surface area contributed by atoms with Crippen LogP contribution in [0.15, 0.2) is 30.6 Å². The smallest absolute Gasteiger partial charge is 0.407 e. The number of hydrogen-bond acceptors (Lipinski definition) is 7. The number of aromatic nitrogens is 1. The van der Waals surface area contributed by atoms with Crippen molar-refractivity contribution >= 4 is 40.3 Å². The molecule has 1 aliphatic heterocycles. The number of ether oxygens (including phenoxy) is 1. The van der Waals surface area contributed by atoms with E-state index < -0.39 is 11.7 Å². The van der Waals surface area contributed by atoms with Crippen molar-refractivity contribution < 1.29 is 19.1 Å². The van der Waals surface area contributed by atoms with E-state index in [1.165, 1.54) is 17.4 Å². The highest BCUT2D eigenvalue weighted by Crippen LogP contribution is 2.36. The van der Waals surface area contributed by atoms with Crippen LogP contribution in [0.5, 0.6) is 0 Å². The fourth-order valence-electron chi connectivity index (χ4n) is 3.53. The summed E-state index contributed by atoms with van der Waals surface area (Å²) >= 11 is 1.33. The van der Waals surface area contributed by atoms with Crippen molar-refractivity contribution in [1.82, 2.24) is 15.2 Å². The summed E-state index contributed by atoms with van der Waals surface area (Å²) in [7, 11) is 0. The van der Waals surface area contributed by atoms with E-state index in [4.69, 9.17) is 4.74 Å². The molecule has 35 heavy (non-hydrogen) atoms. The Morgan fingerprint density at radius 1 is 1.34 bits per heavy atom. The van der Waals surface area contributed by atoms with Gasteiger partial charge < -0.3 is 20.3 Å². The second kappa shape index (κ2) is 11.6. The van der Waals surface area contributed by atoms with E-state index in [9.17, 15) is 19.6 Å². The lowest BCUT2D eigenvalue weighted by molar-refractivity contribution is -0.132. The summed E-state index contributed by atoms with van der Waals surface area (Å²) in [6.07, 6.45) is 7.20. The molecule has 0 spiro atoms. The van der Waals surface area contributed by atoms with Gasteiger partial charge in [0.05, 0.1) is 12.1 Å². The van der Waals surface area contributed by atoms with Gasteiger partial charge in [0.15, 0.2) is 0 Å². The second-order valence-electron chi connectivity index (χ2n) is 9.03. The van der Waals surface area contributed by atoms with Crippen molar-refractivity contribution in [2.75, 3.05) is 18.4 Å². The molecule has 0 aromatic carbocycles. The Bertz CT molecular complexity index is 1150. The number of rotatable bonds is 7. The van der Waals surface area contributed by atoms with Crippen molar-refractivity contribution in [3.8, 4) is 6.07 Å².